The number of halogens is 1. The molecule has 1 rings (SSSR count). The Morgan fingerprint density at radius 2 is 2.05 bits per heavy atom. The highest BCUT2D eigenvalue weighted by Gasteiger charge is 2.38. The smallest absolute Gasteiger partial charge is 0.243 e. The van der Waals surface area contributed by atoms with Crippen LogP contribution in [0.5, 0.6) is 0 Å². The van der Waals surface area contributed by atoms with Crippen LogP contribution in [0.4, 0.5) is 0 Å². The summed E-state index contributed by atoms with van der Waals surface area (Å²) in [7, 11) is 1.78. The third-order valence-electron chi connectivity index (χ3n) is 3.37. The van der Waals surface area contributed by atoms with E-state index in [0.717, 1.165) is 22.2 Å². The maximum atomic E-state index is 12.7. The third kappa shape index (κ3) is 4.07. The van der Waals surface area contributed by atoms with E-state index in [1.807, 2.05) is 25.3 Å². The molecule has 1 heterocycles. The van der Waals surface area contributed by atoms with Gasteiger partial charge in [-0.25, -0.2) is 0 Å². The summed E-state index contributed by atoms with van der Waals surface area (Å²) in [4.78, 5) is 14.4. The van der Waals surface area contributed by atoms with Crippen molar-refractivity contribution in [1.82, 2.24) is 4.90 Å². The van der Waals surface area contributed by atoms with Gasteiger partial charge in [0, 0.05) is 13.6 Å². The molecule has 0 saturated carbocycles. The van der Waals surface area contributed by atoms with E-state index >= 15 is 0 Å². The molecule has 0 aromatic carbocycles. The van der Waals surface area contributed by atoms with E-state index in [4.69, 9.17) is 0 Å². The number of nitrogens with zero attached hydrogens (tertiary/aromatic N) is 2. The summed E-state index contributed by atoms with van der Waals surface area (Å²) in [5.74, 6) is -0.0500. The lowest BCUT2D eigenvalue weighted by Crippen LogP contribution is -2.41. The summed E-state index contributed by atoms with van der Waals surface area (Å²) >= 11 is 5.03. The monoisotopic (exact) mass is 356 g/mol. The van der Waals surface area contributed by atoms with Crippen LogP contribution < -0.4 is 0 Å². The van der Waals surface area contributed by atoms with E-state index in [1.54, 1.807) is 23.3 Å². The molecule has 0 aliphatic heterocycles. The van der Waals surface area contributed by atoms with Crippen molar-refractivity contribution < 1.29 is 4.79 Å². The maximum absolute atomic E-state index is 12.7. The fourth-order valence-electron chi connectivity index (χ4n) is 2.49. The van der Waals surface area contributed by atoms with E-state index in [2.05, 4.69) is 22.0 Å². The molecule has 1 aromatic heterocycles. The van der Waals surface area contributed by atoms with Crippen molar-refractivity contribution in [2.24, 2.45) is 5.41 Å². The molecule has 0 bridgehead atoms. The van der Waals surface area contributed by atoms with Gasteiger partial charge in [0.1, 0.15) is 5.41 Å². The molecular formula is C15H21BrN2OS. The van der Waals surface area contributed by atoms with Crippen molar-refractivity contribution in [2.75, 3.05) is 7.05 Å². The lowest BCUT2D eigenvalue weighted by atomic mass is 9.79. The summed E-state index contributed by atoms with van der Waals surface area (Å²) in [5.41, 5.74) is 0.239. The standard InChI is InChI=1S/C15H21BrN2OS/c1-4-6-15(11-17,7-5-2)14(19)18(3)9-12-8-13(16)20-10-12/h8,10H,4-7,9H2,1-3H3. The van der Waals surface area contributed by atoms with Crippen LogP contribution in [0, 0.1) is 16.7 Å². The average molecular weight is 357 g/mol. The van der Waals surface area contributed by atoms with Gasteiger partial charge in [-0.3, -0.25) is 4.79 Å². The van der Waals surface area contributed by atoms with Crippen molar-refractivity contribution in [1.29, 1.82) is 5.26 Å². The lowest BCUT2D eigenvalue weighted by molar-refractivity contribution is -0.139. The molecule has 1 aromatic rings. The highest BCUT2D eigenvalue weighted by atomic mass is 79.9. The van der Waals surface area contributed by atoms with E-state index in [1.165, 1.54) is 0 Å². The molecule has 1 amide bonds. The van der Waals surface area contributed by atoms with Crippen molar-refractivity contribution >= 4 is 33.2 Å². The van der Waals surface area contributed by atoms with Crippen LogP contribution in [0.25, 0.3) is 0 Å². The van der Waals surface area contributed by atoms with Crippen LogP contribution in [-0.4, -0.2) is 17.9 Å². The molecule has 0 aliphatic rings. The summed E-state index contributed by atoms with van der Waals surface area (Å²) in [6.07, 6.45) is 2.95. The zero-order valence-electron chi connectivity index (χ0n) is 12.3. The van der Waals surface area contributed by atoms with E-state index in [9.17, 15) is 10.1 Å². The Kier molecular flexibility index (Phi) is 6.70. The minimum absolute atomic E-state index is 0.0500. The number of carbonyl (C=O) groups is 1. The number of carbonyl (C=O) groups excluding carboxylic acids is 1. The van der Waals surface area contributed by atoms with E-state index in [-0.39, 0.29) is 5.91 Å². The Bertz CT molecular complexity index is 486. The fraction of sp³-hybridized carbons (Fsp3) is 0.600. The van der Waals surface area contributed by atoms with Gasteiger partial charge in [-0.1, -0.05) is 26.7 Å². The van der Waals surface area contributed by atoms with E-state index < -0.39 is 5.41 Å². The Balaban J connectivity index is 2.85. The van der Waals surface area contributed by atoms with Gasteiger partial charge in [-0.05, 0) is 45.8 Å². The first-order chi connectivity index (χ1) is 9.49. The normalized spacial score (nSPS) is 11.2. The summed E-state index contributed by atoms with van der Waals surface area (Å²) in [6, 6.07) is 4.31. The number of hydrogen-bond donors (Lipinski definition) is 0. The molecule has 0 spiro atoms. The maximum Gasteiger partial charge on any atom is 0.243 e. The van der Waals surface area contributed by atoms with Gasteiger partial charge in [0.2, 0.25) is 5.91 Å². The van der Waals surface area contributed by atoms with Crippen LogP contribution in [0.3, 0.4) is 0 Å². The Labute approximate surface area is 133 Å². The highest BCUT2D eigenvalue weighted by molar-refractivity contribution is 9.11. The van der Waals surface area contributed by atoms with Gasteiger partial charge in [0.15, 0.2) is 0 Å². The third-order valence-corrected chi connectivity index (χ3v) is 4.92. The summed E-state index contributed by atoms with van der Waals surface area (Å²) in [6.45, 7) is 4.59. The molecule has 0 saturated heterocycles. The van der Waals surface area contributed by atoms with Crippen LogP contribution in [0.15, 0.2) is 15.2 Å². The zero-order valence-corrected chi connectivity index (χ0v) is 14.7. The van der Waals surface area contributed by atoms with Gasteiger partial charge in [0.25, 0.3) is 0 Å². The van der Waals surface area contributed by atoms with Gasteiger partial charge in [-0.15, -0.1) is 11.3 Å². The number of amides is 1. The number of thiophene rings is 1. The van der Waals surface area contributed by atoms with Gasteiger partial charge < -0.3 is 4.90 Å². The molecular weight excluding hydrogens is 336 g/mol. The molecule has 5 heteroatoms. The molecule has 0 N–H and O–H groups in total. The SMILES string of the molecule is CCCC(C#N)(CCC)C(=O)N(C)Cc1csc(Br)c1. The zero-order chi connectivity index (χ0) is 15.2. The van der Waals surface area contributed by atoms with Crippen LogP contribution in [0.2, 0.25) is 0 Å². The molecule has 110 valence electrons. The topological polar surface area (TPSA) is 44.1 Å². The fourth-order valence-corrected chi connectivity index (χ4v) is 3.69. The van der Waals surface area contributed by atoms with Gasteiger partial charge in [-0.2, -0.15) is 5.26 Å². The number of hydrogen-bond acceptors (Lipinski definition) is 3. The minimum atomic E-state index is -0.856. The first kappa shape index (κ1) is 17.2. The predicted molar refractivity (Wildman–Crippen MR) is 86.4 cm³/mol. The predicted octanol–water partition coefficient (Wildman–Crippen LogP) is 4.58. The van der Waals surface area contributed by atoms with Crippen LogP contribution in [-0.2, 0) is 11.3 Å². The molecule has 0 radical (unpaired) electrons. The van der Waals surface area contributed by atoms with Crippen molar-refractivity contribution in [2.45, 2.75) is 46.1 Å². The molecule has 0 unspecified atom stereocenters. The molecule has 3 nitrogen and oxygen atoms in total. The Morgan fingerprint density at radius 3 is 2.45 bits per heavy atom. The van der Waals surface area contributed by atoms with Crippen molar-refractivity contribution in [3.05, 3.63) is 20.8 Å². The first-order valence-electron chi connectivity index (χ1n) is 6.88. The second-order valence-corrected chi connectivity index (χ2v) is 7.40. The molecule has 0 aliphatic carbocycles. The molecule has 0 atom stereocenters. The summed E-state index contributed by atoms with van der Waals surface area (Å²) < 4.78 is 1.06. The second-order valence-electron chi connectivity index (χ2n) is 5.11. The molecule has 0 fully saturated rings. The van der Waals surface area contributed by atoms with Gasteiger partial charge in [0.05, 0.1) is 9.86 Å². The quantitative estimate of drug-likeness (QED) is 0.717. The highest BCUT2D eigenvalue weighted by Crippen LogP contribution is 2.32. The summed E-state index contributed by atoms with van der Waals surface area (Å²) in [5, 5.41) is 11.6. The Hall–Kier alpha value is -0.860. The van der Waals surface area contributed by atoms with Crippen molar-refractivity contribution in [3.63, 3.8) is 0 Å². The van der Waals surface area contributed by atoms with Crippen LogP contribution >= 0.6 is 27.3 Å². The lowest BCUT2D eigenvalue weighted by Gasteiger charge is -2.29. The number of nitriles is 1. The van der Waals surface area contributed by atoms with Crippen molar-refractivity contribution in [3.8, 4) is 6.07 Å². The minimum Gasteiger partial charge on any atom is -0.340 e. The largest absolute Gasteiger partial charge is 0.340 e. The van der Waals surface area contributed by atoms with E-state index in [0.29, 0.717) is 19.4 Å². The Morgan fingerprint density at radius 1 is 1.45 bits per heavy atom. The van der Waals surface area contributed by atoms with Gasteiger partial charge >= 0.3 is 0 Å². The second kappa shape index (κ2) is 7.80. The average Bonchev–Trinajstić information content (AvgIpc) is 2.82. The van der Waals surface area contributed by atoms with Crippen LogP contribution in [0.1, 0.15) is 45.1 Å². The number of rotatable bonds is 7. The first-order valence-corrected chi connectivity index (χ1v) is 8.56. The molecule has 20 heavy (non-hydrogen) atoms.